The Hall–Kier alpha value is -2.84. The first-order chi connectivity index (χ1) is 15.7. The molecule has 0 aliphatic carbocycles. The number of aliphatic hydroxyl groups is 1. The topological polar surface area (TPSA) is 93.7 Å². The molecular formula is C25H28N2O5. The van der Waals surface area contributed by atoms with Crippen molar-refractivity contribution < 1.29 is 19.3 Å². The highest BCUT2D eigenvalue weighted by atomic mass is 16.7. The fourth-order valence-corrected chi connectivity index (χ4v) is 4.01. The number of benzene rings is 1. The van der Waals surface area contributed by atoms with Crippen LogP contribution in [0, 0.1) is 0 Å². The molecule has 3 heterocycles. The molecule has 2 aromatic heterocycles. The molecule has 3 atom stereocenters. The molecule has 32 heavy (non-hydrogen) atoms. The smallest absolute Gasteiger partial charge is 0.224 e. The van der Waals surface area contributed by atoms with Gasteiger partial charge in [-0.1, -0.05) is 36.4 Å². The summed E-state index contributed by atoms with van der Waals surface area (Å²) >= 11 is 0. The molecule has 1 aliphatic heterocycles. The van der Waals surface area contributed by atoms with E-state index in [0.717, 1.165) is 24.0 Å². The summed E-state index contributed by atoms with van der Waals surface area (Å²) in [7, 11) is 0. The quantitative estimate of drug-likeness (QED) is 0.534. The van der Waals surface area contributed by atoms with E-state index in [4.69, 9.17) is 14.2 Å². The Balaban J connectivity index is 1.69. The summed E-state index contributed by atoms with van der Waals surface area (Å²) < 4.78 is 19.3. The Labute approximate surface area is 187 Å². The van der Waals surface area contributed by atoms with Crippen LogP contribution in [-0.2, 0) is 26.6 Å². The highest BCUT2D eigenvalue weighted by molar-refractivity contribution is 5.20. The van der Waals surface area contributed by atoms with Crippen LogP contribution in [0.25, 0.3) is 0 Å². The van der Waals surface area contributed by atoms with Crippen molar-refractivity contribution in [1.82, 2.24) is 9.97 Å². The normalized spacial score (nSPS) is 21.8. The molecule has 2 N–H and O–H groups in total. The molecule has 4 rings (SSSR count). The maximum absolute atomic E-state index is 12.0. The van der Waals surface area contributed by atoms with Gasteiger partial charge < -0.3 is 24.3 Å². The van der Waals surface area contributed by atoms with Gasteiger partial charge in [0.25, 0.3) is 0 Å². The van der Waals surface area contributed by atoms with Gasteiger partial charge in [-0.2, -0.15) is 0 Å². The number of hydrogen-bond donors (Lipinski definition) is 2. The Morgan fingerprint density at radius 2 is 2.09 bits per heavy atom. The van der Waals surface area contributed by atoms with Gasteiger partial charge in [0.1, 0.15) is 12.2 Å². The SMILES string of the molecule is O=c1cc[nH]c(C(CCO)OC2(c3cccnc3)OCCCC2OCc2ccccc2)c1. The van der Waals surface area contributed by atoms with E-state index in [-0.39, 0.29) is 18.5 Å². The zero-order chi connectivity index (χ0) is 22.2. The fourth-order valence-electron chi connectivity index (χ4n) is 4.01. The van der Waals surface area contributed by atoms with E-state index in [1.54, 1.807) is 18.6 Å². The minimum absolute atomic E-state index is 0.111. The van der Waals surface area contributed by atoms with E-state index in [1.807, 2.05) is 42.5 Å². The van der Waals surface area contributed by atoms with Crippen molar-refractivity contribution >= 4 is 0 Å². The van der Waals surface area contributed by atoms with E-state index in [9.17, 15) is 9.90 Å². The van der Waals surface area contributed by atoms with E-state index in [1.165, 1.54) is 12.1 Å². The average Bonchev–Trinajstić information content (AvgIpc) is 2.84. The van der Waals surface area contributed by atoms with Crippen LogP contribution >= 0.6 is 0 Å². The Morgan fingerprint density at radius 1 is 1.22 bits per heavy atom. The van der Waals surface area contributed by atoms with Gasteiger partial charge in [0.2, 0.25) is 5.79 Å². The second-order valence-electron chi connectivity index (χ2n) is 7.78. The molecule has 0 saturated carbocycles. The summed E-state index contributed by atoms with van der Waals surface area (Å²) in [6, 6.07) is 16.6. The van der Waals surface area contributed by atoms with Crippen molar-refractivity contribution in [2.45, 2.75) is 43.9 Å². The minimum Gasteiger partial charge on any atom is -0.396 e. The first kappa shape index (κ1) is 22.4. The van der Waals surface area contributed by atoms with Crippen molar-refractivity contribution in [3.05, 3.63) is 100 Å². The molecule has 1 aromatic carbocycles. The molecule has 0 spiro atoms. The number of nitrogens with zero attached hydrogens (tertiary/aromatic N) is 1. The molecule has 0 radical (unpaired) electrons. The Kier molecular flexibility index (Phi) is 7.44. The minimum atomic E-state index is -1.23. The van der Waals surface area contributed by atoms with E-state index in [0.29, 0.717) is 18.9 Å². The molecule has 0 amide bonds. The monoisotopic (exact) mass is 436 g/mol. The lowest BCUT2D eigenvalue weighted by Gasteiger charge is -2.45. The molecule has 1 aliphatic rings. The fraction of sp³-hybridized carbons (Fsp3) is 0.360. The number of ether oxygens (including phenoxy) is 3. The van der Waals surface area contributed by atoms with Gasteiger partial charge >= 0.3 is 0 Å². The summed E-state index contributed by atoms with van der Waals surface area (Å²) in [5.41, 5.74) is 2.23. The summed E-state index contributed by atoms with van der Waals surface area (Å²) in [5.74, 6) is -1.23. The van der Waals surface area contributed by atoms with Crippen molar-refractivity contribution in [3.8, 4) is 0 Å². The van der Waals surface area contributed by atoms with Gasteiger partial charge in [-0.3, -0.25) is 9.78 Å². The van der Waals surface area contributed by atoms with Crippen LogP contribution in [0.4, 0.5) is 0 Å². The van der Waals surface area contributed by atoms with Crippen molar-refractivity contribution in [2.75, 3.05) is 13.2 Å². The number of hydrogen-bond acceptors (Lipinski definition) is 6. The van der Waals surface area contributed by atoms with Gasteiger partial charge in [0.15, 0.2) is 5.43 Å². The van der Waals surface area contributed by atoms with Crippen LogP contribution in [0.2, 0.25) is 0 Å². The van der Waals surface area contributed by atoms with Crippen LogP contribution < -0.4 is 5.43 Å². The maximum atomic E-state index is 12.0. The molecule has 168 valence electrons. The third-order valence-electron chi connectivity index (χ3n) is 5.56. The third kappa shape index (κ3) is 5.14. The third-order valence-corrected chi connectivity index (χ3v) is 5.56. The van der Waals surface area contributed by atoms with E-state index >= 15 is 0 Å². The number of pyridine rings is 2. The van der Waals surface area contributed by atoms with Gasteiger partial charge in [0.05, 0.1) is 13.2 Å². The number of rotatable bonds is 9. The molecule has 1 fully saturated rings. The molecule has 7 heteroatoms. The van der Waals surface area contributed by atoms with Gasteiger partial charge in [0, 0.05) is 55.0 Å². The van der Waals surface area contributed by atoms with E-state index in [2.05, 4.69) is 9.97 Å². The zero-order valence-corrected chi connectivity index (χ0v) is 17.9. The molecule has 3 unspecified atom stereocenters. The number of nitrogens with one attached hydrogen (secondary N) is 1. The molecule has 0 bridgehead atoms. The number of aromatic nitrogens is 2. The standard InChI is InChI=1S/C25H28N2O5/c28-14-11-23(22-16-21(29)10-13-27-22)32-25(20-8-4-12-26-17-20)24(9-5-15-31-25)30-18-19-6-2-1-3-7-19/h1-4,6-8,10,12-13,16-17,23-24,28H,5,9,11,14-15,18H2,(H,27,29). The highest BCUT2D eigenvalue weighted by Gasteiger charge is 2.48. The average molecular weight is 437 g/mol. The molecular weight excluding hydrogens is 408 g/mol. The highest BCUT2D eigenvalue weighted by Crippen LogP contribution is 2.42. The van der Waals surface area contributed by atoms with Crippen LogP contribution in [0.3, 0.4) is 0 Å². The number of aliphatic hydroxyl groups excluding tert-OH is 1. The van der Waals surface area contributed by atoms with Crippen LogP contribution in [-0.4, -0.2) is 34.4 Å². The van der Waals surface area contributed by atoms with Gasteiger partial charge in [-0.25, -0.2) is 0 Å². The van der Waals surface area contributed by atoms with Gasteiger partial charge in [-0.15, -0.1) is 0 Å². The summed E-state index contributed by atoms with van der Waals surface area (Å²) in [4.78, 5) is 19.3. The lowest BCUT2D eigenvalue weighted by Crippen LogP contribution is -2.50. The first-order valence-corrected chi connectivity index (χ1v) is 10.9. The number of aromatic amines is 1. The van der Waals surface area contributed by atoms with Crippen molar-refractivity contribution in [2.24, 2.45) is 0 Å². The van der Waals surface area contributed by atoms with Gasteiger partial charge in [-0.05, 0) is 24.5 Å². The summed E-state index contributed by atoms with van der Waals surface area (Å²) in [6.45, 7) is 0.796. The van der Waals surface area contributed by atoms with Crippen LogP contribution in [0.1, 0.15) is 42.2 Å². The summed E-state index contributed by atoms with van der Waals surface area (Å²) in [6.07, 6.45) is 5.83. The lowest BCUT2D eigenvalue weighted by molar-refractivity contribution is -0.339. The second kappa shape index (κ2) is 10.7. The lowest BCUT2D eigenvalue weighted by atomic mass is 9.94. The zero-order valence-electron chi connectivity index (χ0n) is 17.9. The molecule has 1 saturated heterocycles. The molecule has 3 aromatic rings. The van der Waals surface area contributed by atoms with Crippen molar-refractivity contribution in [3.63, 3.8) is 0 Å². The second-order valence-corrected chi connectivity index (χ2v) is 7.78. The predicted molar refractivity (Wildman–Crippen MR) is 119 cm³/mol. The molecule has 7 nitrogen and oxygen atoms in total. The Morgan fingerprint density at radius 3 is 2.84 bits per heavy atom. The van der Waals surface area contributed by atoms with Crippen LogP contribution in [0.5, 0.6) is 0 Å². The largest absolute Gasteiger partial charge is 0.396 e. The maximum Gasteiger partial charge on any atom is 0.224 e. The van der Waals surface area contributed by atoms with E-state index < -0.39 is 18.0 Å². The van der Waals surface area contributed by atoms with Crippen LogP contribution in [0.15, 0.2) is 78.0 Å². The number of H-pyrrole nitrogens is 1. The first-order valence-electron chi connectivity index (χ1n) is 10.9. The summed E-state index contributed by atoms with van der Waals surface area (Å²) in [5, 5.41) is 9.71. The predicted octanol–water partition coefficient (Wildman–Crippen LogP) is 3.46. The Bertz CT molecular complexity index is 1030. The van der Waals surface area contributed by atoms with Crippen molar-refractivity contribution in [1.29, 1.82) is 0 Å².